The van der Waals surface area contributed by atoms with Crippen molar-refractivity contribution in [3.63, 3.8) is 0 Å². The summed E-state index contributed by atoms with van der Waals surface area (Å²) in [4.78, 5) is 12.4. The summed E-state index contributed by atoms with van der Waals surface area (Å²) < 4.78 is 39.2. The Morgan fingerprint density at radius 3 is 2.31 bits per heavy atom. The first kappa shape index (κ1) is 20.9. The van der Waals surface area contributed by atoms with Crippen LogP contribution in [0.1, 0.15) is 22.2 Å². The number of rotatable bonds is 7. The number of benzene rings is 2. The lowest BCUT2D eigenvalue weighted by molar-refractivity contribution is 0.0528. The molecule has 2 aromatic carbocycles. The molecule has 0 aliphatic rings. The van der Waals surface area contributed by atoms with Crippen molar-refractivity contribution in [2.45, 2.75) is 18.7 Å². The van der Waals surface area contributed by atoms with E-state index in [4.69, 9.17) is 9.47 Å². The third-order valence-electron chi connectivity index (χ3n) is 4.18. The van der Waals surface area contributed by atoms with E-state index in [9.17, 15) is 13.2 Å². The van der Waals surface area contributed by atoms with E-state index in [1.54, 1.807) is 36.6 Å². The monoisotopic (exact) mass is 431 g/mol. The molecule has 0 atom stereocenters. The number of sulfonamides is 1. The van der Waals surface area contributed by atoms with E-state index in [1.807, 2.05) is 31.2 Å². The lowest BCUT2D eigenvalue weighted by Gasteiger charge is -2.12. The molecule has 152 valence electrons. The number of anilines is 1. The standard InChI is InChI=1S/C21H21NO5S2/c1-4-27-21(23)19-20(18(13-28-19)15-7-5-14(2)6-8-15)29(24,25)22-16-9-11-17(26-3)12-10-16/h5-13,22H,4H2,1-3H3. The average Bonchev–Trinajstić information content (AvgIpc) is 3.15. The number of esters is 1. The lowest BCUT2D eigenvalue weighted by atomic mass is 10.1. The molecule has 1 N–H and O–H groups in total. The summed E-state index contributed by atoms with van der Waals surface area (Å²) in [5, 5.41) is 1.67. The molecular weight excluding hydrogens is 410 g/mol. The summed E-state index contributed by atoms with van der Waals surface area (Å²) >= 11 is 1.05. The van der Waals surface area contributed by atoms with Crippen LogP contribution in [0.15, 0.2) is 58.8 Å². The smallest absolute Gasteiger partial charge is 0.349 e. The highest BCUT2D eigenvalue weighted by molar-refractivity contribution is 7.93. The van der Waals surface area contributed by atoms with Gasteiger partial charge in [0.15, 0.2) is 0 Å². The van der Waals surface area contributed by atoms with Gasteiger partial charge < -0.3 is 9.47 Å². The van der Waals surface area contributed by atoms with E-state index < -0.39 is 16.0 Å². The Balaban J connectivity index is 2.09. The van der Waals surface area contributed by atoms with Gasteiger partial charge in [-0.05, 0) is 43.7 Å². The third-order valence-corrected chi connectivity index (χ3v) is 6.74. The Kier molecular flexibility index (Phi) is 6.24. The fourth-order valence-electron chi connectivity index (χ4n) is 2.75. The molecule has 0 unspecified atom stereocenters. The molecule has 0 saturated heterocycles. The second-order valence-electron chi connectivity index (χ2n) is 6.23. The lowest BCUT2D eigenvalue weighted by Crippen LogP contribution is -2.17. The van der Waals surface area contributed by atoms with Crippen molar-refractivity contribution < 1.29 is 22.7 Å². The van der Waals surface area contributed by atoms with E-state index >= 15 is 0 Å². The van der Waals surface area contributed by atoms with Crippen LogP contribution in [0.4, 0.5) is 5.69 Å². The number of carbonyl (C=O) groups is 1. The first-order valence-corrected chi connectivity index (χ1v) is 11.2. The summed E-state index contributed by atoms with van der Waals surface area (Å²) in [7, 11) is -2.52. The molecule has 0 aliphatic heterocycles. The second-order valence-corrected chi connectivity index (χ2v) is 8.73. The van der Waals surface area contributed by atoms with Crippen LogP contribution >= 0.6 is 11.3 Å². The molecule has 0 radical (unpaired) electrons. The summed E-state index contributed by atoms with van der Waals surface area (Å²) in [6, 6.07) is 13.9. The van der Waals surface area contributed by atoms with Crippen LogP contribution in [0.5, 0.6) is 5.75 Å². The van der Waals surface area contributed by atoms with Gasteiger partial charge in [-0.3, -0.25) is 4.72 Å². The fraction of sp³-hybridized carbons (Fsp3) is 0.190. The summed E-state index contributed by atoms with van der Waals surface area (Å²) in [6.45, 7) is 3.78. The molecule has 0 bridgehead atoms. The molecule has 0 saturated carbocycles. The van der Waals surface area contributed by atoms with Crippen molar-refractivity contribution in [1.29, 1.82) is 0 Å². The van der Waals surface area contributed by atoms with Crippen molar-refractivity contribution in [3.05, 3.63) is 64.4 Å². The number of carbonyl (C=O) groups excluding carboxylic acids is 1. The van der Waals surface area contributed by atoms with Crippen LogP contribution in [-0.4, -0.2) is 28.1 Å². The third kappa shape index (κ3) is 4.60. The minimum absolute atomic E-state index is 0.0448. The summed E-state index contributed by atoms with van der Waals surface area (Å²) in [5.74, 6) is -0.0537. The maximum Gasteiger partial charge on any atom is 0.349 e. The van der Waals surface area contributed by atoms with Gasteiger partial charge in [0.05, 0.1) is 13.7 Å². The molecule has 0 aliphatic carbocycles. The van der Waals surface area contributed by atoms with Crippen LogP contribution < -0.4 is 9.46 Å². The summed E-state index contributed by atoms with van der Waals surface area (Å²) in [5.41, 5.74) is 2.58. The number of methoxy groups -OCH3 is 1. The Morgan fingerprint density at radius 2 is 1.72 bits per heavy atom. The van der Waals surface area contributed by atoms with Gasteiger partial charge in [0.2, 0.25) is 0 Å². The number of hydrogen-bond acceptors (Lipinski definition) is 6. The highest BCUT2D eigenvalue weighted by atomic mass is 32.2. The number of hydrogen-bond donors (Lipinski definition) is 1. The molecule has 0 amide bonds. The molecule has 6 nitrogen and oxygen atoms in total. The van der Waals surface area contributed by atoms with Crippen LogP contribution in [0.3, 0.4) is 0 Å². The highest BCUT2D eigenvalue weighted by Gasteiger charge is 2.30. The van der Waals surface area contributed by atoms with E-state index in [0.29, 0.717) is 22.6 Å². The Morgan fingerprint density at radius 1 is 1.07 bits per heavy atom. The normalized spacial score (nSPS) is 11.1. The van der Waals surface area contributed by atoms with E-state index in [2.05, 4.69) is 4.72 Å². The Bertz CT molecular complexity index is 1100. The molecule has 0 fully saturated rings. The van der Waals surface area contributed by atoms with Crippen LogP contribution in [0.25, 0.3) is 11.1 Å². The van der Waals surface area contributed by atoms with Gasteiger partial charge in [0.25, 0.3) is 10.0 Å². The van der Waals surface area contributed by atoms with Crippen LogP contribution in [0, 0.1) is 6.92 Å². The molecule has 0 spiro atoms. The zero-order valence-electron chi connectivity index (χ0n) is 16.3. The van der Waals surface area contributed by atoms with E-state index in [1.165, 1.54) is 7.11 Å². The Hall–Kier alpha value is -2.84. The minimum atomic E-state index is -4.05. The van der Waals surface area contributed by atoms with Crippen molar-refractivity contribution in [2.24, 2.45) is 0 Å². The maximum absolute atomic E-state index is 13.3. The van der Waals surface area contributed by atoms with Crippen molar-refractivity contribution in [2.75, 3.05) is 18.4 Å². The average molecular weight is 432 g/mol. The van der Waals surface area contributed by atoms with Gasteiger partial charge in [-0.1, -0.05) is 29.8 Å². The Labute approximate surface area is 174 Å². The molecule has 29 heavy (non-hydrogen) atoms. The molecule has 1 heterocycles. The SMILES string of the molecule is CCOC(=O)c1scc(-c2ccc(C)cc2)c1S(=O)(=O)Nc1ccc(OC)cc1. The molecule has 8 heteroatoms. The van der Waals surface area contributed by atoms with Gasteiger partial charge in [0.1, 0.15) is 15.5 Å². The fourth-order valence-corrected chi connectivity index (χ4v) is 5.50. The quantitative estimate of drug-likeness (QED) is 0.548. The second kappa shape index (κ2) is 8.67. The highest BCUT2D eigenvalue weighted by Crippen LogP contribution is 2.37. The molecule has 1 aromatic heterocycles. The van der Waals surface area contributed by atoms with Crippen LogP contribution in [0.2, 0.25) is 0 Å². The zero-order valence-corrected chi connectivity index (χ0v) is 17.9. The first-order chi connectivity index (χ1) is 13.9. The summed E-state index contributed by atoms with van der Waals surface area (Å²) in [6.07, 6.45) is 0. The van der Waals surface area contributed by atoms with Gasteiger partial charge in [-0.15, -0.1) is 11.3 Å². The number of thiophene rings is 1. The van der Waals surface area contributed by atoms with Gasteiger partial charge in [0, 0.05) is 16.6 Å². The topological polar surface area (TPSA) is 81.7 Å². The number of aryl methyl sites for hydroxylation is 1. The van der Waals surface area contributed by atoms with Crippen molar-refractivity contribution in [3.8, 4) is 16.9 Å². The van der Waals surface area contributed by atoms with Crippen molar-refractivity contribution in [1.82, 2.24) is 0 Å². The van der Waals surface area contributed by atoms with Crippen LogP contribution in [-0.2, 0) is 14.8 Å². The first-order valence-electron chi connectivity index (χ1n) is 8.88. The van der Waals surface area contributed by atoms with Gasteiger partial charge >= 0.3 is 5.97 Å². The van der Waals surface area contributed by atoms with Gasteiger partial charge in [-0.25, -0.2) is 13.2 Å². The zero-order chi connectivity index (χ0) is 21.0. The van der Waals surface area contributed by atoms with E-state index in [-0.39, 0.29) is 16.4 Å². The predicted octanol–water partition coefficient (Wildman–Crippen LogP) is 4.71. The molecule has 3 rings (SSSR count). The molecular formula is C21H21NO5S2. The number of nitrogens with one attached hydrogen (secondary N) is 1. The maximum atomic E-state index is 13.3. The number of ether oxygens (including phenoxy) is 2. The van der Waals surface area contributed by atoms with Crippen molar-refractivity contribution >= 4 is 33.0 Å². The van der Waals surface area contributed by atoms with Gasteiger partial charge in [-0.2, -0.15) is 0 Å². The van der Waals surface area contributed by atoms with E-state index in [0.717, 1.165) is 16.9 Å². The molecule has 3 aromatic rings. The minimum Gasteiger partial charge on any atom is -0.497 e. The predicted molar refractivity (Wildman–Crippen MR) is 114 cm³/mol. The largest absolute Gasteiger partial charge is 0.497 e.